The van der Waals surface area contributed by atoms with E-state index in [-0.39, 0.29) is 23.2 Å². The highest BCUT2D eigenvalue weighted by Crippen LogP contribution is 2.46. The molecule has 2 fully saturated rings. The first kappa shape index (κ1) is 13.6. The number of rotatable bonds is 4. The number of methoxy groups -OCH3 is 1. The fraction of sp³-hybridized carbons (Fsp3) is 0.562. The summed E-state index contributed by atoms with van der Waals surface area (Å²) in [7, 11) is 1.65. The summed E-state index contributed by atoms with van der Waals surface area (Å²) in [6.45, 7) is 1.31. The van der Waals surface area contributed by atoms with E-state index in [1.54, 1.807) is 19.2 Å². The summed E-state index contributed by atoms with van der Waals surface area (Å²) in [5.74, 6) is -0.0213. The zero-order valence-electron chi connectivity index (χ0n) is 11.8. The van der Waals surface area contributed by atoms with Crippen molar-refractivity contribution >= 4 is 5.91 Å². The fourth-order valence-corrected chi connectivity index (χ4v) is 3.27. The Morgan fingerprint density at radius 1 is 1.40 bits per heavy atom. The van der Waals surface area contributed by atoms with E-state index in [1.165, 1.54) is 12.1 Å². The number of hydrogen-bond acceptors (Lipinski definition) is 2. The van der Waals surface area contributed by atoms with Crippen molar-refractivity contribution in [2.24, 2.45) is 5.41 Å². The molecule has 2 aliphatic rings. The monoisotopic (exact) mass is 277 g/mol. The van der Waals surface area contributed by atoms with Crippen molar-refractivity contribution in [3.63, 3.8) is 0 Å². The number of halogens is 1. The number of hydrogen-bond donors (Lipinski definition) is 0. The van der Waals surface area contributed by atoms with Crippen molar-refractivity contribution in [3.8, 4) is 0 Å². The topological polar surface area (TPSA) is 29.5 Å². The first-order chi connectivity index (χ1) is 9.66. The lowest BCUT2D eigenvalue weighted by molar-refractivity contribution is -0.160. The third-order valence-corrected chi connectivity index (χ3v) is 4.72. The first-order valence-electron chi connectivity index (χ1n) is 7.22. The van der Waals surface area contributed by atoms with Gasteiger partial charge < -0.3 is 9.64 Å². The van der Waals surface area contributed by atoms with Crippen LogP contribution in [0.2, 0.25) is 0 Å². The van der Waals surface area contributed by atoms with E-state index in [9.17, 15) is 9.18 Å². The highest BCUT2D eigenvalue weighted by Gasteiger charge is 2.49. The predicted molar refractivity (Wildman–Crippen MR) is 73.6 cm³/mol. The van der Waals surface area contributed by atoms with E-state index in [0.717, 1.165) is 37.8 Å². The smallest absolute Gasteiger partial charge is 0.231 e. The second-order valence-corrected chi connectivity index (χ2v) is 5.92. The van der Waals surface area contributed by atoms with Gasteiger partial charge in [0.2, 0.25) is 5.91 Å². The Balaban J connectivity index is 1.74. The third-order valence-electron chi connectivity index (χ3n) is 4.72. The van der Waals surface area contributed by atoms with E-state index in [2.05, 4.69) is 0 Å². The molecule has 108 valence electrons. The Morgan fingerprint density at radius 2 is 2.10 bits per heavy atom. The Bertz CT molecular complexity index is 496. The van der Waals surface area contributed by atoms with Gasteiger partial charge in [-0.3, -0.25) is 4.79 Å². The highest BCUT2D eigenvalue weighted by atomic mass is 19.1. The number of carbonyl (C=O) groups excluding carboxylic acids is 1. The largest absolute Gasteiger partial charge is 0.384 e. The molecule has 1 aromatic rings. The Morgan fingerprint density at radius 3 is 2.55 bits per heavy atom. The van der Waals surface area contributed by atoms with Crippen LogP contribution in [0.25, 0.3) is 0 Å². The minimum atomic E-state index is -0.298. The standard InChI is InChI=1S/C16H20FNO2/c1-20-11-16(8-2-9-16)15(19)18-10-7-14(18)12-3-5-13(17)6-4-12/h3-6,14H,2,7-11H2,1H3. The van der Waals surface area contributed by atoms with Gasteiger partial charge in [-0.1, -0.05) is 18.6 Å². The van der Waals surface area contributed by atoms with Crippen LogP contribution in [0.3, 0.4) is 0 Å². The number of nitrogens with zero attached hydrogens (tertiary/aromatic N) is 1. The fourth-order valence-electron chi connectivity index (χ4n) is 3.27. The number of carbonyl (C=O) groups is 1. The first-order valence-corrected chi connectivity index (χ1v) is 7.22. The molecule has 1 saturated heterocycles. The van der Waals surface area contributed by atoms with E-state index < -0.39 is 0 Å². The van der Waals surface area contributed by atoms with Gasteiger partial charge in [0.05, 0.1) is 18.1 Å². The van der Waals surface area contributed by atoms with Crippen molar-refractivity contribution in [2.75, 3.05) is 20.3 Å². The summed E-state index contributed by atoms with van der Waals surface area (Å²) in [5, 5.41) is 0. The van der Waals surface area contributed by atoms with Crippen molar-refractivity contribution < 1.29 is 13.9 Å². The SMILES string of the molecule is COCC1(C(=O)N2CCC2c2ccc(F)cc2)CCC1. The molecule has 0 N–H and O–H groups in total. The zero-order chi connectivity index (χ0) is 14.2. The van der Waals surface area contributed by atoms with Crippen LogP contribution >= 0.6 is 0 Å². The van der Waals surface area contributed by atoms with E-state index >= 15 is 0 Å². The van der Waals surface area contributed by atoms with Crippen molar-refractivity contribution in [1.82, 2.24) is 4.90 Å². The van der Waals surface area contributed by atoms with Gasteiger partial charge in [0.25, 0.3) is 0 Å². The molecule has 4 heteroatoms. The minimum absolute atomic E-state index is 0.109. The Kier molecular flexibility index (Phi) is 3.50. The number of likely N-dealkylation sites (tertiary alicyclic amines) is 1. The molecule has 20 heavy (non-hydrogen) atoms. The lowest BCUT2D eigenvalue weighted by Crippen LogP contribution is -2.55. The molecule has 0 bridgehead atoms. The molecular formula is C16H20FNO2. The molecular weight excluding hydrogens is 257 g/mol. The van der Waals surface area contributed by atoms with Crippen LogP contribution in [0.4, 0.5) is 4.39 Å². The van der Waals surface area contributed by atoms with Crippen LogP contribution in [-0.4, -0.2) is 31.1 Å². The molecule has 1 aliphatic carbocycles. The number of benzene rings is 1. The molecule has 0 radical (unpaired) electrons. The molecule has 1 heterocycles. The Hall–Kier alpha value is -1.42. The van der Waals surface area contributed by atoms with Gasteiger partial charge in [0.15, 0.2) is 0 Å². The van der Waals surface area contributed by atoms with Gasteiger partial charge >= 0.3 is 0 Å². The maximum absolute atomic E-state index is 13.0. The van der Waals surface area contributed by atoms with Crippen LogP contribution in [-0.2, 0) is 9.53 Å². The molecule has 1 aliphatic heterocycles. The van der Waals surface area contributed by atoms with Gasteiger partial charge in [-0.05, 0) is 37.0 Å². The Labute approximate surface area is 118 Å². The molecule has 1 saturated carbocycles. The maximum Gasteiger partial charge on any atom is 0.231 e. The summed E-state index contributed by atoms with van der Waals surface area (Å²) < 4.78 is 18.2. The van der Waals surface area contributed by atoms with E-state index in [1.807, 2.05) is 4.90 Å². The average Bonchev–Trinajstić information content (AvgIpc) is 2.35. The summed E-state index contributed by atoms with van der Waals surface area (Å²) >= 11 is 0. The van der Waals surface area contributed by atoms with Crippen LogP contribution in [0.5, 0.6) is 0 Å². The second-order valence-electron chi connectivity index (χ2n) is 5.92. The summed E-state index contributed by atoms with van der Waals surface area (Å²) in [4.78, 5) is 14.7. The van der Waals surface area contributed by atoms with Gasteiger partial charge in [-0.15, -0.1) is 0 Å². The molecule has 0 aromatic heterocycles. The van der Waals surface area contributed by atoms with Crippen LogP contribution < -0.4 is 0 Å². The molecule has 1 unspecified atom stereocenters. The summed E-state index contributed by atoms with van der Waals surface area (Å²) in [6, 6.07) is 6.60. The van der Waals surface area contributed by atoms with E-state index in [4.69, 9.17) is 4.74 Å². The van der Waals surface area contributed by atoms with Gasteiger partial charge in [0.1, 0.15) is 5.82 Å². The van der Waals surface area contributed by atoms with Gasteiger partial charge in [-0.25, -0.2) is 4.39 Å². The molecule has 3 rings (SSSR count). The maximum atomic E-state index is 13.0. The number of ether oxygens (including phenoxy) is 1. The van der Waals surface area contributed by atoms with Crippen molar-refractivity contribution in [3.05, 3.63) is 35.6 Å². The minimum Gasteiger partial charge on any atom is -0.384 e. The third kappa shape index (κ3) is 2.12. The molecule has 1 aromatic carbocycles. The second kappa shape index (κ2) is 5.17. The lowest BCUT2D eigenvalue weighted by atomic mass is 9.67. The lowest BCUT2D eigenvalue weighted by Gasteiger charge is -2.49. The predicted octanol–water partition coefficient (Wildman–Crippen LogP) is 2.92. The van der Waals surface area contributed by atoms with Crippen LogP contribution in [0.15, 0.2) is 24.3 Å². The normalized spacial score (nSPS) is 23.9. The number of amides is 1. The van der Waals surface area contributed by atoms with Gasteiger partial charge in [-0.2, -0.15) is 0 Å². The van der Waals surface area contributed by atoms with Gasteiger partial charge in [0, 0.05) is 13.7 Å². The van der Waals surface area contributed by atoms with Crippen molar-refractivity contribution in [1.29, 1.82) is 0 Å². The van der Waals surface area contributed by atoms with E-state index in [0.29, 0.717) is 6.61 Å². The zero-order valence-corrected chi connectivity index (χ0v) is 11.8. The molecule has 3 nitrogen and oxygen atoms in total. The quantitative estimate of drug-likeness (QED) is 0.847. The van der Waals surface area contributed by atoms with Crippen LogP contribution in [0, 0.1) is 11.2 Å². The summed E-state index contributed by atoms with van der Waals surface area (Å²) in [5.41, 5.74) is 0.728. The van der Waals surface area contributed by atoms with Crippen LogP contribution in [0.1, 0.15) is 37.3 Å². The molecule has 0 spiro atoms. The average molecular weight is 277 g/mol. The van der Waals surface area contributed by atoms with Crippen molar-refractivity contribution in [2.45, 2.75) is 31.7 Å². The molecule has 1 atom stereocenters. The highest BCUT2D eigenvalue weighted by molar-refractivity contribution is 5.85. The molecule has 1 amide bonds. The summed E-state index contributed by atoms with van der Waals surface area (Å²) in [6.07, 6.45) is 3.91.